The average molecular weight is 263 g/mol. The van der Waals surface area contributed by atoms with E-state index in [-0.39, 0.29) is 16.8 Å². The van der Waals surface area contributed by atoms with E-state index in [4.69, 9.17) is 0 Å². The van der Waals surface area contributed by atoms with Crippen molar-refractivity contribution in [3.63, 3.8) is 0 Å². The summed E-state index contributed by atoms with van der Waals surface area (Å²) in [6.07, 6.45) is 4.16. The number of hydrogen-bond acceptors (Lipinski definition) is 2. The van der Waals surface area contributed by atoms with Crippen molar-refractivity contribution < 1.29 is 0 Å². The van der Waals surface area contributed by atoms with E-state index < -0.39 is 0 Å². The van der Waals surface area contributed by atoms with Crippen LogP contribution in [0.15, 0.2) is 10.9 Å². The lowest BCUT2D eigenvalue weighted by Gasteiger charge is -2.35. The first kappa shape index (κ1) is 14.1. The Morgan fingerprint density at radius 3 is 2.26 bits per heavy atom. The summed E-state index contributed by atoms with van der Waals surface area (Å²) in [6, 6.07) is 0. The first-order valence-corrected chi connectivity index (χ1v) is 6.86. The highest BCUT2D eigenvalue weighted by molar-refractivity contribution is 5.49. The van der Waals surface area contributed by atoms with E-state index in [1.54, 1.807) is 0 Å². The van der Waals surface area contributed by atoms with Gasteiger partial charge >= 0.3 is 5.69 Å². The van der Waals surface area contributed by atoms with Crippen LogP contribution < -0.4 is 5.69 Å². The van der Waals surface area contributed by atoms with Gasteiger partial charge in [0.1, 0.15) is 0 Å². The Morgan fingerprint density at radius 1 is 1.11 bits per heavy atom. The monoisotopic (exact) mass is 263 g/mol. The number of nitrogens with one attached hydrogen (secondary N) is 1. The van der Waals surface area contributed by atoms with Gasteiger partial charge in [0.25, 0.3) is 0 Å². The summed E-state index contributed by atoms with van der Waals surface area (Å²) in [7, 11) is 0. The van der Waals surface area contributed by atoms with E-state index in [0.717, 1.165) is 24.5 Å². The van der Waals surface area contributed by atoms with E-state index in [2.05, 4.69) is 57.5 Å². The van der Waals surface area contributed by atoms with Crippen LogP contribution in [0, 0.1) is 0 Å². The molecule has 4 heteroatoms. The van der Waals surface area contributed by atoms with Crippen LogP contribution in [-0.4, -0.2) is 26.5 Å². The number of imidazole rings is 1. The molecule has 0 unspecified atom stereocenters. The summed E-state index contributed by atoms with van der Waals surface area (Å²) >= 11 is 0. The Morgan fingerprint density at radius 2 is 1.74 bits per heavy atom. The molecule has 0 atom stereocenters. The third-order valence-corrected chi connectivity index (χ3v) is 3.60. The lowest BCUT2D eigenvalue weighted by molar-refractivity contribution is 0.140. The Balaban J connectivity index is 2.54. The van der Waals surface area contributed by atoms with Crippen molar-refractivity contribution in [2.75, 3.05) is 6.54 Å². The smallest absolute Gasteiger partial charge is 0.306 e. The van der Waals surface area contributed by atoms with Gasteiger partial charge in [-0.05, 0) is 47.6 Å². The largest absolute Gasteiger partial charge is 0.326 e. The second kappa shape index (κ2) is 4.37. The molecule has 0 aromatic carbocycles. The van der Waals surface area contributed by atoms with Gasteiger partial charge in [0.05, 0.1) is 11.4 Å². The van der Waals surface area contributed by atoms with Gasteiger partial charge in [-0.3, -0.25) is 9.47 Å². The second-order valence-electron chi connectivity index (χ2n) is 7.25. The van der Waals surface area contributed by atoms with Crippen molar-refractivity contribution in [1.29, 1.82) is 0 Å². The van der Waals surface area contributed by atoms with Crippen molar-refractivity contribution in [3.8, 4) is 0 Å². The number of fused-ring (bicyclic) bond motifs is 1. The van der Waals surface area contributed by atoms with Crippen LogP contribution in [0.1, 0.15) is 52.9 Å². The van der Waals surface area contributed by atoms with E-state index in [0.29, 0.717) is 0 Å². The van der Waals surface area contributed by atoms with Crippen molar-refractivity contribution in [3.05, 3.63) is 27.9 Å². The number of H-pyrrole nitrogens is 1. The molecule has 1 N–H and O–H groups in total. The Bertz CT molecular complexity index is 549. The van der Waals surface area contributed by atoms with Gasteiger partial charge in [-0.1, -0.05) is 6.08 Å². The predicted molar refractivity (Wildman–Crippen MR) is 79.2 cm³/mol. The molecule has 0 amide bonds. The van der Waals surface area contributed by atoms with Gasteiger partial charge in [-0.2, -0.15) is 0 Å². The highest BCUT2D eigenvalue weighted by Gasteiger charge is 2.28. The van der Waals surface area contributed by atoms with Gasteiger partial charge < -0.3 is 4.98 Å². The van der Waals surface area contributed by atoms with Gasteiger partial charge in [0, 0.05) is 24.2 Å². The lowest BCUT2D eigenvalue weighted by atomic mass is 10.0. The summed E-state index contributed by atoms with van der Waals surface area (Å²) in [6.45, 7) is 14.5. The third kappa shape index (κ3) is 2.68. The molecule has 0 bridgehead atoms. The van der Waals surface area contributed by atoms with Crippen LogP contribution in [0.3, 0.4) is 0 Å². The minimum absolute atomic E-state index is 0.0158. The molecule has 1 aromatic rings. The summed E-state index contributed by atoms with van der Waals surface area (Å²) in [4.78, 5) is 17.5. The number of aromatic amines is 1. The number of rotatable bonds is 0. The maximum atomic E-state index is 12.2. The molecule has 0 spiro atoms. The van der Waals surface area contributed by atoms with E-state index >= 15 is 0 Å². The molecule has 2 heterocycles. The SMILES string of the molecule is CC(C)(C)N1CC=Cc2[nH]c(=O)n(C(C)(C)C)c2C1. The zero-order chi connectivity index (χ0) is 14.4. The topological polar surface area (TPSA) is 41.0 Å². The summed E-state index contributed by atoms with van der Waals surface area (Å²) in [5, 5.41) is 0. The molecule has 1 aliphatic heterocycles. The highest BCUT2D eigenvalue weighted by atomic mass is 16.1. The molecule has 2 rings (SSSR count). The third-order valence-electron chi connectivity index (χ3n) is 3.60. The van der Waals surface area contributed by atoms with E-state index in [1.165, 1.54) is 0 Å². The van der Waals surface area contributed by atoms with Crippen LogP contribution in [0.4, 0.5) is 0 Å². The minimum atomic E-state index is -0.205. The Kier molecular flexibility index (Phi) is 3.25. The van der Waals surface area contributed by atoms with Crippen LogP contribution in [0.5, 0.6) is 0 Å². The van der Waals surface area contributed by atoms with Crippen LogP contribution in [0.2, 0.25) is 0 Å². The molecular weight excluding hydrogens is 238 g/mol. The molecule has 0 radical (unpaired) electrons. The number of aromatic nitrogens is 2. The van der Waals surface area contributed by atoms with Gasteiger partial charge in [-0.25, -0.2) is 4.79 Å². The zero-order valence-electron chi connectivity index (χ0n) is 12.9. The van der Waals surface area contributed by atoms with Crippen LogP contribution in [-0.2, 0) is 12.1 Å². The fraction of sp³-hybridized carbons (Fsp3) is 0.667. The number of hydrogen-bond donors (Lipinski definition) is 1. The van der Waals surface area contributed by atoms with Crippen molar-refractivity contribution in [2.24, 2.45) is 0 Å². The fourth-order valence-electron chi connectivity index (χ4n) is 2.54. The van der Waals surface area contributed by atoms with Crippen LogP contribution in [0.25, 0.3) is 6.08 Å². The summed E-state index contributed by atoms with van der Waals surface area (Å²) < 4.78 is 1.89. The highest BCUT2D eigenvalue weighted by Crippen LogP contribution is 2.25. The Hall–Kier alpha value is -1.29. The molecule has 0 fully saturated rings. The molecular formula is C15H25N3O. The van der Waals surface area contributed by atoms with Crippen LogP contribution >= 0.6 is 0 Å². The lowest BCUT2D eigenvalue weighted by Crippen LogP contribution is -2.42. The molecule has 1 aliphatic rings. The normalized spacial score (nSPS) is 17.4. The molecule has 1 aromatic heterocycles. The zero-order valence-corrected chi connectivity index (χ0v) is 12.9. The maximum Gasteiger partial charge on any atom is 0.326 e. The van der Waals surface area contributed by atoms with E-state index in [1.807, 2.05) is 10.6 Å². The van der Waals surface area contributed by atoms with Crippen molar-refractivity contribution in [1.82, 2.24) is 14.5 Å². The van der Waals surface area contributed by atoms with Crippen molar-refractivity contribution in [2.45, 2.75) is 59.2 Å². The van der Waals surface area contributed by atoms with Crippen molar-refractivity contribution >= 4 is 6.08 Å². The van der Waals surface area contributed by atoms with E-state index in [9.17, 15) is 4.79 Å². The molecule has 4 nitrogen and oxygen atoms in total. The summed E-state index contributed by atoms with van der Waals surface area (Å²) in [5.41, 5.74) is 1.90. The summed E-state index contributed by atoms with van der Waals surface area (Å²) in [5.74, 6) is 0. The van der Waals surface area contributed by atoms with Gasteiger partial charge in [-0.15, -0.1) is 0 Å². The molecule has 19 heavy (non-hydrogen) atoms. The average Bonchev–Trinajstić information content (AvgIpc) is 2.40. The number of nitrogens with zero attached hydrogens (tertiary/aromatic N) is 2. The maximum absolute atomic E-state index is 12.2. The first-order valence-electron chi connectivity index (χ1n) is 6.86. The molecule has 0 saturated carbocycles. The van der Waals surface area contributed by atoms with Gasteiger partial charge in [0.15, 0.2) is 0 Å². The quantitative estimate of drug-likeness (QED) is 0.781. The second-order valence-corrected chi connectivity index (χ2v) is 7.25. The van der Waals surface area contributed by atoms with Gasteiger partial charge in [0.2, 0.25) is 0 Å². The predicted octanol–water partition coefficient (Wildman–Crippen LogP) is 2.56. The standard InChI is InChI=1S/C15H25N3O/c1-14(2,3)17-9-7-8-11-12(10-17)18(13(19)16-11)15(4,5)6/h7-8H,9-10H2,1-6H3,(H,16,19). The fourth-order valence-corrected chi connectivity index (χ4v) is 2.54. The molecule has 0 saturated heterocycles. The molecule has 0 aliphatic carbocycles. The first-order chi connectivity index (χ1) is 8.60. The Labute approximate surface area is 115 Å². The minimum Gasteiger partial charge on any atom is -0.306 e. The molecule has 106 valence electrons.